The molecule has 2 aromatic rings. The highest BCUT2D eigenvalue weighted by molar-refractivity contribution is 5.84. The molecule has 0 saturated heterocycles. The van der Waals surface area contributed by atoms with Crippen molar-refractivity contribution in [2.24, 2.45) is 0 Å². The molecular formula is C21H24F3N3O4. The Morgan fingerprint density at radius 1 is 1.16 bits per heavy atom. The van der Waals surface area contributed by atoms with Gasteiger partial charge in [-0.2, -0.15) is 13.2 Å². The van der Waals surface area contributed by atoms with Gasteiger partial charge in [0.05, 0.1) is 17.9 Å². The van der Waals surface area contributed by atoms with Gasteiger partial charge in [-0.05, 0) is 50.2 Å². The molecule has 1 aromatic heterocycles. The highest BCUT2D eigenvalue weighted by Gasteiger charge is 2.32. The van der Waals surface area contributed by atoms with E-state index >= 15 is 0 Å². The summed E-state index contributed by atoms with van der Waals surface area (Å²) in [7, 11) is 3.22. The van der Waals surface area contributed by atoms with Crippen LogP contribution >= 0.6 is 0 Å². The monoisotopic (exact) mass is 439 g/mol. The zero-order valence-corrected chi connectivity index (χ0v) is 17.6. The fourth-order valence-electron chi connectivity index (χ4n) is 2.53. The van der Waals surface area contributed by atoms with Crippen LogP contribution < -0.4 is 15.0 Å². The molecule has 0 aliphatic carbocycles. The van der Waals surface area contributed by atoms with E-state index in [0.29, 0.717) is 11.3 Å². The third-order valence-electron chi connectivity index (χ3n) is 4.14. The first-order valence-electron chi connectivity index (χ1n) is 9.48. The van der Waals surface area contributed by atoms with E-state index in [9.17, 15) is 22.8 Å². The van der Waals surface area contributed by atoms with Crippen LogP contribution in [0.1, 0.15) is 19.4 Å². The van der Waals surface area contributed by atoms with Gasteiger partial charge in [0.25, 0.3) is 5.91 Å². The molecule has 0 aliphatic rings. The number of pyridine rings is 1. The zero-order valence-electron chi connectivity index (χ0n) is 17.6. The fraction of sp³-hybridized carbons (Fsp3) is 0.381. The maximum Gasteiger partial charge on any atom is 0.416 e. The average molecular weight is 439 g/mol. The van der Waals surface area contributed by atoms with Crippen LogP contribution in [0.2, 0.25) is 0 Å². The minimum Gasteiger partial charge on any atom is -0.481 e. The lowest BCUT2D eigenvalue weighted by Crippen LogP contribution is -2.39. The van der Waals surface area contributed by atoms with Gasteiger partial charge >= 0.3 is 12.1 Å². The molecule has 1 aromatic carbocycles. The van der Waals surface area contributed by atoms with Crippen LogP contribution in [0, 0.1) is 0 Å². The highest BCUT2D eigenvalue weighted by Crippen LogP contribution is 2.34. The van der Waals surface area contributed by atoms with Crippen LogP contribution in [-0.4, -0.2) is 50.2 Å². The molecule has 0 spiro atoms. The minimum atomic E-state index is -4.50. The molecule has 168 valence electrons. The van der Waals surface area contributed by atoms with Crippen molar-refractivity contribution in [3.05, 3.63) is 42.0 Å². The van der Waals surface area contributed by atoms with E-state index < -0.39 is 29.7 Å². The fourth-order valence-corrected chi connectivity index (χ4v) is 2.53. The quantitative estimate of drug-likeness (QED) is 0.636. The van der Waals surface area contributed by atoms with Gasteiger partial charge in [0.2, 0.25) is 0 Å². The summed E-state index contributed by atoms with van der Waals surface area (Å²) in [5, 5.41) is 2.40. The number of rotatable bonds is 8. The van der Waals surface area contributed by atoms with E-state index in [0.717, 1.165) is 12.1 Å². The summed E-state index contributed by atoms with van der Waals surface area (Å²) in [6, 6.07) is 8.14. The van der Waals surface area contributed by atoms with Gasteiger partial charge < -0.3 is 19.7 Å². The maximum atomic E-state index is 13.2. The lowest BCUT2D eigenvalue weighted by Gasteiger charge is -2.17. The normalized spacial score (nSPS) is 12.1. The number of benzene rings is 1. The Labute approximate surface area is 178 Å². The summed E-state index contributed by atoms with van der Waals surface area (Å²) in [5.41, 5.74) is -0.181. The lowest BCUT2D eigenvalue weighted by atomic mass is 10.1. The SMILES string of the molecule is CCOC(=O)CNC(=O)[C@H](C)Oc1ccc(-c2cc(C(F)(F)F)cc(N(C)C)n2)cc1. The number of hydrogen-bond donors (Lipinski definition) is 1. The molecule has 0 saturated carbocycles. The summed E-state index contributed by atoms with van der Waals surface area (Å²) in [6.45, 7) is 3.11. The van der Waals surface area contributed by atoms with Crippen molar-refractivity contribution >= 4 is 17.7 Å². The van der Waals surface area contributed by atoms with Gasteiger partial charge in [-0.3, -0.25) is 9.59 Å². The zero-order chi connectivity index (χ0) is 23.2. The van der Waals surface area contributed by atoms with Gasteiger partial charge in [-0.25, -0.2) is 4.98 Å². The van der Waals surface area contributed by atoms with E-state index in [1.807, 2.05) is 0 Å². The van der Waals surface area contributed by atoms with Crippen molar-refractivity contribution in [2.75, 3.05) is 32.1 Å². The predicted molar refractivity (Wildman–Crippen MR) is 109 cm³/mol. The third-order valence-corrected chi connectivity index (χ3v) is 4.14. The number of anilines is 1. The molecule has 0 bridgehead atoms. The standard InChI is InChI=1S/C21H24F3N3O4/c1-5-30-19(28)12-25-20(29)13(2)31-16-8-6-14(7-9-16)17-10-15(21(22,23)24)11-18(26-17)27(3)4/h6-11,13H,5,12H2,1-4H3,(H,25,29)/t13-/m0/s1. The Kier molecular flexibility index (Phi) is 7.84. The number of esters is 1. The number of carbonyl (C=O) groups excluding carboxylic acids is 2. The molecule has 0 fully saturated rings. The molecule has 1 N–H and O–H groups in total. The Bertz CT molecular complexity index is 915. The summed E-state index contributed by atoms with van der Waals surface area (Å²) in [6.07, 6.45) is -5.40. The third kappa shape index (κ3) is 6.87. The summed E-state index contributed by atoms with van der Waals surface area (Å²) >= 11 is 0. The molecule has 31 heavy (non-hydrogen) atoms. The van der Waals surface area contributed by atoms with E-state index in [1.165, 1.54) is 24.0 Å². The predicted octanol–water partition coefficient (Wildman–Crippen LogP) is 3.28. The van der Waals surface area contributed by atoms with E-state index in [-0.39, 0.29) is 24.7 Å². The van der Waals surface area contributed by atoms with Gasteiger partial charge in [-0.1, -0.05) is 0 Å². The van der Waals surface area contributed by atoms with Crippen molar-refractivity contribution < 1.29 is 32.2 Å². The second-order valence-electron chi connectivity index (χ2n) is 6.80. The number of nitrogens with zero attached hydrogens (tertiary/aromatic N) is 2. The molecule has 7 nitrogen and oxygen atoms in total. The summed E-state index contributed by atoms with van der Waals surface area (Å²) < 4.78 is 49.9. The van der Waals surface area contributed by atoms with Crippen LogP contribution in [0.3, 0.4) is 0 Å². The van der Waals surface area contributed by atoms with Crippen LogP contribution in [0.4, 0.5) is 19.0 Å². The van der Waals surface area contributed by atoms with E-state index in [4.69, 9.17) is 9.47 Å². The van der Waals surface area contributed by atoms with Gasteiger partial charge in [0, 0.05) is 19.7 Å². The number of nitrogens with one attached hydrogen (secondary N) is 1. The largest absolute Gasteiger partial charge is 0.481 e. The van der Waals surface area contributed by atoms with E-state index in [2.05, 4.69) is 10.3 Å². The number of aromatic nitrogens is 1. The number of amides is 1. The number of hydrogen-bond acceptors (Lipinski definition) is 6. The van der Waals surface area contributed by atoms with Crippen LogP contribution in [0.15, 0.2) is 36.4 Å². The molecule has 1 amide bonds. The number of halogens is 3. The van der Waals surface area contributed by atoms with Gasteiger partial charge in [-0.15, -0.1) is 0 Å². The Morgan fingerprint density at radius 2 is 1.81 bits per heavy atom. The van der Waals surface area contributed by atoms with Crippen molar-refractivity contribution in [1.82, 2.24) is 10.3 Å². The molecule has 0 radical (unpaired) electrons. The average Bonchev–Trinajstić information content (AvgIpc) is 2.71. The lowest BCUT2D eigenvalue weighted by molar-refractivity contribution is -0.144. The first-order valence-corrected chi connectivity index (χ1v) is 9.48. The number of alkyl halides is 3. The molecule has 1 atom stereocenters. The second-order valence-corrected chi connectivity index (χ2v) is 6.80. The van der Waals surface area contributed by atoms with Crippen molar-refractivity contribution in [1.29, 1.82) is 0 Å². The van der Waals surface area contributed by atoms with Gasteiger partial charge in [0.15, 0.2) is 6.10 Å². The van der Waals surface area contributed by atoms with Crippen LogP contribution in [-0.2, 0) is 20.5 Å². The molecule has 0 aliphatic heterocycles. The Morgan fingerprint density at radius 3 is 2.35 bits per heavy atom. The number of carbonyl (C=O) groups is 2. The van der Waals surface area contributed by atoms with Crippen LogP contribution in [0.25, 0.3) is 11.3 Å². The topological polar surface area (TPSA) is 80.8 Å². The molecule has 10 heteroatoms. The van der Waals surface area contributed by atoms with E-state index in [1.54, 1.807) is 33.2 Å². The Balaban J connectivity index is 2.12. The second kappa shape index (κ2) is 10.1. The van der Waals surface area contributed by atoms with Gasteiger partial charge in [0.1, 0.15) is 18.1 Å². The number of ether oxygens (including phenoxy) is 2. The Hall–Kier alpha value is -3.30. The minimum absolute atomic E-state index is 0.158. The first-order chi connectivity index (χ1) is 14.5. The molecule has 0 unspecified atom stereocenters. The van der Waals surface area contributed by atoms with Crippen molar-refractivity contribution in [3.8, 4) is 17.0 Å². The highest BCUT2D eigenvalue weighted by atomic mass is 19.4. The smallest absolute Gasteiger partial charge is 0.416 e. The first kappa shape index (κ1) is 24.0. The molecular weight excluding hydrogens is 415 g/mol. The summed E-state index contributed by atoms with van der Waals surface area (Å²) in [4.78, 5) is 29.1. The van der Waals surface area contributed by atoms with Crippen molar-refractivity contribution in [2.45, 2.75) is 26.1 Å². The molecule has 2 rings (SSSR count). The maximum absolute atomic E-state index is 13.2. The summed E-state index contributed by atoms with van der Waals surface area (Å²) in [5.74, 6) is -0.551. The van der Waals surface area contributed by atoms with Crippen molar-refractivity contribution in [3.63, 3.8) is 0 Å². The van der Waals surface area contributed by atoms with Crippen LogP contribution in [0.5, 0.6) is 5.75 Å². The molecule has 1 heterocycles.